The molecule has 2 saturated heterocycles. The van der Waals surface area contributed by atoms with Crippen LogP contribution in [-0.4, -0.2) is 25.0 Å². The second kappa shape index (κ2) is 5.93. The van der Waals surface area contributed by atoms with Gasteiger partial charge in [0.25, 0.3) is 0 Å². The van der Waals surface area contributed by atoms with Gasteiger partial charge in [-0.15, -0.1) is 0 Å². The van der Waals surface area contributed by atoms with E-state index in [-0.39, 0.29) is 29.5 Å². The standard InChI is InChI=1S/C16H18FNO3/c17-12-5-3-10(4-6-12)15-13(8-14(19)18-16(15)20)11-2-1-7-21-9-11/h3-6,11,13,15H,1-2,7-9H2,(H,18,19,20). The summed E-state index contributed by atoms with van der Waals surface area (Å²) in [6, 6.07) is 5.97. The molecule has 0 aromatic heterocycles. The zero-order valence-electron chi connectivity index (χ0n) is 11.7. The highest BCUT2D eigenvalue weighted by atomic mass is 19.1. The molecule has 0 saturated carbocycles. The number of amides is 2. The highest BCUT2D eigenvalue weighted by molar-refractivity contribution is 6.01. The predicted molar refractivity (Wildman–Crippen MR) is 73.9 cm³/mol. The van der Waals surface area contributed by atoms with Crippen LogP contribution in [0.5, 0.6) is 0 Å². The van der Waals surface area contributed by atoms with Crippen molar-refractivity contribution in [2.45, 2.75) is 25.2 Å². The second-order valence-corrected chi connectivity index (χ2v) is 5.79. The third-order valence-corrected chi connectivity index (χ3v) is 4.42. The molecule has 2 heterocycles. The van der Waals surface area contributed by atoms with Gasteiger partial charge in [-0.25, -0.2) is 4.39 Å². The molecule has 0 spiro atoms. The summed E-state index contributed by atoms with van der Waals surface area (Å²) in [6.45, 7) is 1.33. The Morgan fingerprint density at radius 3 is 2.62 bits per heavy atom. The lowest BCUT2D eigenvalue weighted by Crippen LogP contribution is -2.47. The van der Waals surface area contributed by atoms with Crippen LogP contribution in [0.1, 0.15) is 30.7 Å². The molecule has 2 aliphatic heterocycles. The Kier molecular flexibility index (Phi) is 4.01. The average molecular weight is 291 g/mol. The molecule has 3 atom stereocenters. The third kappa shape index (κ3) is 2.97. The van der Waals surface area contributed by atoms with E-state index in [0.29, 0.717) is 13.0 Å². The lowest BCUT2D eigenvalue weighted by Gasteiger charge is -2.37. The van der Waals surface area contributed by atoms with Crippen LogP contribution in [0, 0.1) is 17.7 Å². The number of hydrogen-bond acceptors (Lipinski definition) is 3. The van der Waals surface area contributed by atoms with Gasteiger partial charge < -0.3 is 4.74 Å². The number of rotatable bonds is 2. The maximum absolute atomic E-state index is 13.1. The lowest BCUT2D eigenvalue weighted by molar-refractivity contribution is -0.138. The minimum atomic E-state index is -0.407. The number of piperidine rings is 1. The summed E-state index contributed by atoms with van der Waals surface area (Å²) in [5, 5.41) is 2.40. The largest absolute Gasteiger partial charge is 0.381 e. The Morgan fingerprint density at radius 1 is 1.19 bits per heavy atom. The summed E-state index contributed by atoms with van der Waals surface area (Å²) >= 11 is 0. The van der Waals surface area contributed by atoms with Crippen molar-refractivity contribution in [3.05, 3.63) is 35.6 Å². The normalized spacial score (nSPS) is 30.0. The summed E-state index contributed by atoms with van der Waals surface area (Å²) in [4.78, 5) is 24.0. The van der Waals surface area contributed by atoms with E-state index in [0.717, 1.165) is 25.0 Å². The van der Waals surface area contributed by atoms with E-state index in [1.807, 2.05) is 0 Å². The van der Waals surface area contributed by atoms with Gasteiger partial charge in [-0.2, -0.15) is 0 Å². The Bertz CT molecular complexity index is 537. The van der Waals surface area contributed by atoms with Crippen molar-refractivity contribution < 1.29 is 18.7 Å². The van der Waals surface area contributed by atoms with E-state index in [2.05, 4.69) is 5.32 Å². The molecule has 3 rings (SSSR count). The molecular formula is C16H18FNO3. The molecule has 2 fully saturated rings. The Hall–Kier alpha value is -1.75. The number of hydrogen-bond donors (Lipinski definition) is 1. The first-order valence-electron chi connectivity index (χ1n) is 7.32. The van der Waals surface area contributed by atoms with Gasteiger partial charge in [-0.1, -0.05) is 12.1 Å². The molecule has 5 heteroatoms. The van der Waals surface area contributed by atoms with Crippen LogP contribution < -0.4 is 5.32 Å². The van der Waals surface area contributed by atoms with Crippen molar-refractivity contribution in [2.75, 3.05) is 13.2 Å². The second-order valence-electron chi connectivity index (χ2n) is 5.79. The fourth-order valence-electron chi connectivity index (χ4n) is 3.40. The SMILES string of the molecule is O=C1CC(C2CCCOC2)C(c2ccc(F)cc2)C(=O)N1. The molecule has 0 aliphatic carbocycles. The molecule has 3 unspecified atom stereocenters. The molecule has 0 radical (unpaired) electrons. The summed E-state index contributed by atoms with van der Waals surface area (Å²) < 4.78 is 18.6. The average Bonchev–Trinajstić information content (AvgIpc) is 2.49. The number of carbonyl (C=O) groups excluding carboxylic acids is 2. The zero-order valence-corrected chi connectivity index (χ0v) is 11.7. The molecule has 112 valence electrons. The monoisotopic (exact) mass is 291 g/mol. The van der Waals surface area contributed by atoms with Crippen molar-refractivity contribution >= 4 is 11.8 Å². The Labute approximate surface area is 122 Å². The first kappa shape index (κ1) is 14.2. The van der Waals surface area contributed by atoms with Crippen LogP contribution in [-0.2, 0) is 14.3 Å². The zero-order chi connectivity index (χ0) is 14.8. The van der Waals surface area contributed by atoms with E-state index in [1.165, 1.54) is 12.1 Å². The number of halogens is 1. The van der Waals surface area contributed by atoms with Gasteiger partial charge in [0.05, 0.1) is 5.92 Å². The van der Waals surface area contributed by atoms with Crippen LogP contribution in [0.25, 0.3) is 0 Å². The summed E-state index contributed by atoms with van der Waals surface area (Å²) in [6.07, 6.45) is 2.23. The van der Waals surface area contributed by atoms with Gasteiger partial charge in [-0.05, 0) is 42.4 Å². The van der Waals surface area contributed by atoms with Crippen molar-refractivity contribution in [2.24, 2.45) is 11.8 Å². The molecule has 2 amide bonds. The molecule has 21 heavy (non-hydrogen) atoms. The fourth-order valence-corrected chi connectivity index (χ4v) is 3.40. The molecule has 1 aromatic carbocycles. The van der Waals surface area contributed by atoms with E-state index >= 15 is 0 Å². The molecule has 1 aromatic rings. The van der Waals surface area contributed by atoms with E-state index < -0.39 is 5.92 Å². The maximum atomic E-state index is 13.1. The molecule has 2 aliphatic rings. The summed E-state index contributed by atoms with van der Waals surface area (Å²) in [5.74, 6) is -1.12. The highest BCUT2D eigenvalue weighted by Crippen LogP contribution is 2.39. The van der Waals surface area contributed by atoms with Crippen molar-refractivity contribution in [3.8, 4) is 0 Å². The Morgan fingerprint density at radius 2 is 1.95 bits per heavy atom. The molecule has 4 nitrogen and oxygen atoms in total. The van der Waals surface area contributed by atoms with Crippen LogP contribution in [0.2, 0.25) is 0 Å². The van der Waals surface area contributed by atoms with Crippen molar-refractivity contribution in [1.82, 2.24) is 5.32 Å². The van der Waals surface area contributed by atoms with Gasteiger partial charge in [0.15, 0.2) is 0 Å². The number of nitrogens with one attached hydrogen (secondary N) is 1. The number of imide groups is 1. The number of ether oxygens (including phenoxy) is 1. The quantitative estimate of drug-likeness (QED) is 0.848. The topological polar surface area (TPSA) is 55.4 Å². The summed E-state index contributed by atoms with van der Waals surface area (Å²) in [7, 11) is 0. The molecular weight excluding hydrogens is 273 g/mol. The number of benzene rings is 1. The van der Waals surface area contributed by atoms with Crippen molar-refractivity contribution in [1.29, 1.82) is 0 Å². The van der Waals surface area contributed by atoms with Gasteiger partial charge >= 0.3 is 0 Å². The first-order chi connectivity index (χ1) is 10.1. The fraction of sp³-hybridized carbons (Fsp3) is 0.500. The van der Waals surface area contributed by atoms with Crippen molar-refractivity contribution in [3.63, 3.8) is 0 Å². The minimum absolute atomic E-state index is 0.0722. The van der Waals surface area contributed by atoms with E-state index in [4.69, 9.17) is 4.74 Å². The summed E-state index contributed by atoms with van der Waals surface area (Å²) in [5.41, 5.74) is 0.761. The van der Waals surface area contributed by atoms with Crippen LogP contribution in [0.4, 0.5) is 4.39 Å². The van der Waals surface area contributed by atoms with Crippen LogP contribution >= 0.6 is 0 Å². The van der Waals surface area contributed by atoms with Gasteiger partial charge in [-0.3, -0.25) is 14.9 Å². The highest BCUT2D eigenvalue weighted by Gasteiger charge is 2.41. The van der Waals surface area contributed by atoms with Gasteiger partial charge in [0.1, 0.15) is 5.82 Å². The van der Waals surface area contributed by atoms with Crippen LogP contribution in [0.3, 0.4) is 0 Å². The molecule has 1 N–H and O–H groups in total. The van der Waals surface area contributed by atoms with Gasteiger partial charge in [0, 0.05) is 19.6 Å². The van der Waals surface area contributed by atoms with E-state index in [1.54, 1.807) is 12.1 Å². The maximum Gasteiger partial charge on any atom is 0.234 e. The number of carbonyl (C=O) groups is 2. The first-order valence-corrected chi connectivity index (χ1v) is 7.32. The minimum Gasteiger partial charge on any atom is -0.381 e. The van der Waals surface area contributed by atoms with E-state index in [9.17, 15) is 14.0 Å². The third-order valence-electron chi connectivity index (χ3n) is 4.42. The van der Waals surface area contributed by atoms with Crippen LogP contribution in [0.15, 0.2) is 24.3 Å². The predicted octanol–water partition coefficient (Wildman–Crippen LogP) is 2.00. The smallest absolute Gasteiger partial charge is 0.234 e. The lowest BCUT2D eigenvalue weighted by atomic mass is 9.72. The molecule has 0 bridgehead atoms. The Balaban J connectivity index is 1.90. The van der Waals surface area contributed by atoms with Gasteiger partial charge in [0.2, 0.25) is 11.8 Å².